The van der Waals surface area contributed by atoms with Crippen LogP contribution in [0.4, 0.5) is 0 Å². The van der Waals surface area contributed by atoms with Gasteiger partial charge in [-0.2, -0.15) is 0 Å². The molecule has 6 heteroatoms. The van der Waals surface area contributed by atoms with Crippen molar-refractivity contribution < 1.29 is 13.9 Å². The zero-order chi connectivity index (χ0) is 20.1. The Morgan fingerprint density at radius 3 is 2.62 bits per heavy atom. The van der Waals surface area contributed by atoms with Crippen molar-refractivity contribution in [2.45, 2.75) is 19.6 Å². The Morgan fingerprint density at radius 1 is 1.14 bits per heavy atom. The van der Waals surface area contributed by atoms with Gasteiger partial charge in [-0.3, -0.25) is 9.69 Å². The Balaban J connectivity index is 1.33. The highest BCUT2D eigenvalue weighted by Gasteiger charge is 2.23. The normalized spacial score (nSPS) is 17.2. The molecule has 1 aliphatic rings. The summed E-state index contributed by atoms with van der Waals surface area (Å²) in [7, 11) is 0. The third kappa shape index (κ3) is 4.91. The van der Waals surface area contributed by atoms with Gasteiger partial charge < -0.3 is 14.5 Å². The topological polar surface area (TPSA) is 67.6 Å². The molecule has 1 atom stereocenters. The molecular formula is C23H25N3O3. The number of carbonyl (C=O) groups excluding carboxylic acids is 1. The van der Waals surface area contributed by atoms with Gasteiger partial charge in [-0.1, -0.05) is 48.5 Å². The first-order valence-corrected chi connectivity index (χ1v) is 9.88. The van der Waals surface area contributed by atoms with Crippen LogP contribution in [0, 0.1) is 6.92 Å². The summed E-state index contributed by atoms with van der Waals surface area (Å²) in [6, 6.07) is 20.0. The van der Waals surface area contributed by atoms with E-state index >= 15 is 0 Å². The Bertz CT molecular complexity index is 941. The zero-order valence-electron chi connectivity index (χ0n) is 16.5. The third-order valence-corrected chi connectivity index (χ3v) is 4.99. The molecule has 0 saturated carbocycles. The Morgan fingerprint density at radius 2 is 1.86 bits per heavy atom. The van der Waals surface area contributed by atoms with Crippen LogP contribution in [0.15, 0.2) is 65.1 Å². The first kappa shape index (κ1) is 19.4. The van der Waals surface area contributed by atoms with Crippen molar-refractivity contribution in [3.05, 3.63) is 77.7 Å². The van der Waals surface area contributed by atoms with Crippen molar-refractivity contribution in [1.82, 2.24) is 15.2 Å². The lowest BCUT2D eigenvalue weighted by Crippen LogP contribution is -2.47. The van der Waals surface area contributed by atoms with Crippen LogP contribution in [-0.4, -0.2) is 48.1 Å². The van der Waals surface area contributed by atoms with Crippen LogP contribution < -0.4 is 5.32 Å². The molecule has 0 spiro atoms. The summed E-state index contributed by atoms with van der Waals surface area (Å²) in [5, 5.41) is 2.95. The van der Waals surface area contributed by atoms with Crippen molar-refractivity contribution in [1.29, 1.82) is 0 Å². The number of morpholine rings is 1. The van der Waals surface area contributed by atoms with Crippen LogP contribution in [0.5, 0.6) is 0 Å². The van der Waals surface area contributed by atoms with Gasteiger partial charge in [0.1, 0.15) is 5.76 Å². The molecule has 29 heavy (non-hydrogen) atoms. The average Bonchev–Trinajstić information content (AvgIpc) is 3.15. The van der Waals surface area contributed by atoms with Gasteiger partial charge in [0.05, 0.1) is 12.7 Å². The lowest BCUT2D eigenvalue weighted by Gasteiger charge is -2.33. The van der Waals surface area contributed by atoms with E-state index in [2.05, 4.69) is 39.5 Å². The minimum atomic E-state index is -0.239. The van der Waals surface area contributed by atoms with Crippen LogP contribution in [0.3, 0.4) is 0 Å². The summed E-state index contributed by atoms with van der Waals surface area (Å²) in [6.45, 7) is 5.42. The summed E-state index contributed by atoms with van der Waals surface area (Å²) < 4.78 is 11.5. The second-order valence-corrected chi connectivity index (χ2v) is 7.21. The molecule has 0 bridgehead atoms. The number of nitrogens with zero attached hydrogens (tertiary/aromatic N) is 2. The van der Waals surface area contributed by atoms with E-state index in [1.54, 1.807) is 6.92 Å². The van der Waals surface area contributed by atoms with Gasteiger partial charge in [-0.05, 0) is 24.6 Å². The number of aromatic nitrogens is 1. The summed E-state index contributed by atoms with van der Waals surface area (Å²) in [6.07, 6.45) is -0.0442. The van der Waals surface area contributed by atoms with Crippen LogP contribution >= 0.6 is 0 Å². The zero-order valence-corrected chi connectivity index (χ0v) is 16.5. The summed E-state index contributed by atoms with van der Waals surface area (Å²) in [5.41, 5.74) is 2.45. The first-order valence-electron chi connectivity index (χ1n) is 9.88. The van der Waals surface area contributed by atoms with E-state index in [9.17, 15) is 4.79 Å². The minimum absolute atomic E-state index is 0.0442. The molecule has 1 N–H and O–H groups in total. The van der Waals surface area contributed by atoms with Gasteiger partial charge in [-0.25, -0.2) is 4.98 Å². The van der Waals surface area contributed by atoms with E-state index in [0.29, 0.717) is 30.5 Å². The standard InChI is InChI=1S/C23H25N3O3/c1-17-21(25-23(29-17)19-10-6-3-7-11-19)22(27)24-14-20-16-26(12-13-28-20)15-18-8-4-2-5-9-18/h2-11,20H,12-16H2,1H3,(H,24,27). The minimum Gasteiger partial charge on any atom is -0.441 e. The molecule has 1 aliphatic heterocycles. The lowest BCUT2D eigenvalue weighted by atomic mass is 10.2. The molecule has 2 heterocycles. The number of hydrogen-bond acceptors (Lipinski definition) is 5. The average molecular weight is 391 g/mol. The number of benzene rings is 2. The molecule has 6 nitrogen and oxygen atoms in total. The van der Waals surface area contributed by atoms with Crippen molar-refractivity contribution in [3.8, 4) is 11.5 Å². The molecule has 0 aliphatic carbocycles. The van der Waals surface area contributed by atoms with E-state index in [0.717, 1.165) is 25.2 Å². The molecule has 1 saturated heterocycles. The maximum absolute atomic E-state index is 12.6. The monoisotopic (exact) mass is 391 g/mol. The molecule has 1 fully saturated rings. The number of rotatable bonds is 6. The quantitative estimate of drug-likeness (QED) is 0.698. The number of hydrogen-bond donors (Lipinski definition) is 1. The number of nitrogens with one attached hydrogen (secondary N) is 1. The fourth-order valence-corrected chi connectivity index (χ4v) is 3.49. The van der Waals surface area contributed by atoms with Crippen LogP contribution in [0.25, 0.3) is 11.5 Å². The molecule has 1 unspecified atom stereocenters. The van der Waals surface area contributed by atoms with Gasteiger partial charge in [0.15, 0.2) is 5.69 Å². The van der Waals surface area contributed by atoms with Crippen molar-refractivity contribution in [3.63, 3.8) is 0 Å². The molecule has 1 aromatic heterocycles. The summed E-state index contributed by atoms with van der Waals surface area (Å²) in [5.74, 6) is 0.727. The summed E-state index contributed by atoms with van der Waals surface area (Å²) in [4.78, 5) is 19.4. The Labute approximate surface area is 170 Å². The Hall–Kier alpha value is -2.96. The second kappa shape index (κ2) is 9.03. The fraction of sp³-hybridized carbons (Fsp3) is 0.304. The van der Waals surface area contributed by atoms with Crippen molar-refractivity contribution in [2.75, 3.05) is 26.2 Å². The molecule has 3 aromatic rings. The number of ether oxygens (including phenoxy) is 1. The smallest absolute Gasteiger partial charge is 0.273 e. The van der Waals surface area contributed by atoms with Crippen molar-refractivity contribution >= 4 is 5.91 Å². The summed E-state index contributed by atoms with van der Waals surface area (Å²) >= 11 is 0. The third-order valence-electron chi connectivity index (χ3n) is 4.99. The molecule has 150 valence electrons. The van der Waals surface area contributed by atoms with Gasteiger partial charge in [-0.15, -0.1) is 0 Å². The van der Waals surface area contributed by atoms with Crippen LogP contribution in [-0.2, 0) is 11.3 Å². The first-order chi connectivity index (χ1) is 14.2. The van der Waals surface area contributed by atoms with E-state index < -0.39 is 0 Å². The fourth-order valence-electron chi connectivity index (χ4n) is 3.49. The molecule has 0 radical (unpaired) electrons. The largest absolute Gasteiger partial charge is 0.441 e. The molecule has 1 amide bonds. The predicted octanol–water partition coefficient (Wildman–Crippen LogP) is 3.28. The van der Waals surface area contributed by atoms with Gasteiger partial charge in [0.25, 0.3) is 5.91 Å². The second-order valence-electron chi connectivity index (χ2n) is 7.21. The maximum atomic E-state index is 12.6. The van der Waals surface area contributed by atoms with Gasteiger partial charge in [0.2, 0.25) is 5.89 Å². The molecular weight excluding hydrogens is 366 g/mol. The molecule has 2 aromatic carbocycles. The van der Waals surface area contributed by atoms with E-state index in [4.69, 9.17) is 9.15 Å². The maximum Gasteiger partial charge on any atom is 0.273 e. The van der Waals surface area contributed by atoms with Crippen molar-refractivity contribution in [2.24, 2.45) is 0 Å². The number of oxazole rings is 1. The number of amides is 1. The van der Waals surface area contributed by atoms with E-state index in [1.807, 2.05) is 36.4 Å². The SMILES string of the molecule is Cc1oc(-c2ccccc2)nc1C(=O)NCC1CN(Cc2ccccc2)CCO1. The Kier molecular flexibility index (Phi) is 6.03. The van der Waals surface area contributed by atoms with Crippen LogP contribution in [0.1, 0.15) is 21.8 Å². The highest BCUT2D eigenvalue weighted by Crippen LogP contribution is 2.21. The highest BCUT2D eigenvalue weighted by molar-refractivity contribution is 5.93. The van der Waals surface area contributed by atoms with Crippen LogP contribution in [0.2, 0.25) is 0 Å². The molecule has 4 rings (SSSR count). The van der Waals surface area contributed by atoms with Gasteiger partial charge in [0, 0.05) is 31.7 Å². The predicted molar refractivity (Wildman–Crippen MR) is 110 cm³/mol. The van der Waals surface area contributed by atoms with Gasteiger partial charge >= 0.3 is 0 Å². The lowest BCUT2D eigenvalue weighted by molar-refractivity contribution is -0.0292. The highest BCUT2D eigenvalue weighted by atomic mass is 16.5. The van der Waals surface area contributed by atoms with E-state index in [-0.39, 0.29) is 12.0 Å². The van der Waals surface area contributed by atoms with E-state index in [1.165, 1.54) is 5.56 Å². The number of aryl methyl sites for hydroxylation is 1. The number of carbonyl (C=O) groups is 1.